The fourth-order valence-electron chi connectivity index (χ4n) is 2.50. The van der Waals surface area contributed by atoms with Gasteiger partial charge in [-0.05, 0) is 38.1 Å². The fourth-order valence-corrected chi connectivity index (χ4v) is 3.11. The zero-order chi connectivity index (χ0) is 11.4. The van der Waals surface area contributed by atoms with E-state index in [1.165, 1.54) is 19.3 Å². The van der Waals surface area contributed by atoms with Crippen molar-refractivity contribution in [2.75, 3.05) is 13.2 Å². The van der Waals surface area contributed by atoms with Gasteiger partial charge in [0.2, 0.25) is 0 Å². The van der Waals surface area contributed by atoms with Gasteiger partial charge in [-0.1, -0.05) is 6.42 Å². The van der Waals surface area contributed by atoms with Gasteiger partial charge in [-0.15, -0.1) is 11.3 Å². The molecule has 16 heavy (non-hydrogen) atoms. The summed E-state index contributed by atoms with van der Waals surface area (Å²) in [5.74, 6) is 1.18. The van der Waals surface area contributed by atoms with Gasteiger partial charge in [0.1, 0.15) is 0 Å². The molecule has 1 aromatic heterocycles. The van der Waals surface area contributed by atoms with Crippen molar-refractivity contribution < 1.29 is 5.11 Å². The molecule has 0 radical (unpaired) electrons. The summed E-state index contributed by atoms with van der Waals surface area (Å²) in [5, 5.41) is 15.9. The Morgan fingerprint density at radius 1 is 1.50 bits per heavy atom. The summed E-state index contributed by atoms with van der Waals surface area (Å²) in [6.07, 6.45) is 3.72. The molecule has 0 aliphatic heterocycles. The molecule has 1 aliphatic carbocycles. The van der Waals surface area contributed by atoms with Crippen LogP contribution in [0, 0.1) is 18.8 Å². The first kappa shape index (κ1) is 12.0. The Morgan fingerprint density at radius 2 is 2.31 bits per heavy atom. The highest BCUT2D eigenvalue weighted by molar-refractivity contribution is 7.09. The largest absolute Gasteiger partial charge is 0.396 e. The van der Waals surface area contributed by atoms with Crippen molar-refractivity contribution in [1.29, 1.82) is 0 Å². The molecular weight excluding hydrogens is 220 g/mol. The molecule has 1 heterocycles. The summed E-state index contributed by atoms with van der Waals surface area (Å²) >= 11 is 1.70. The molecule has 1 aliphatic rings. The van der Waals surface area contributed by atoms with Crippen LogP contribution in [0.15, 0.2) is 5.38 Å². The third-order valence-electron chi connectivity index (χ3n) is 3.43. The molecule has 1 aromatic rings. The van der Waals surface area contributed by atoms with E-state index in [9.17, 15) is 5.11 Å². The van der Waals surface area contributed by atoms with Gasteiger partial charge in [0.05, 0.1) is 10.7 Å². The lowest BCUT2D eigenvalue weighted by Crippen LogP contribution is -2.26. The first-order valence-electron chi connectivity index (χ1n) is 6.02. The molecule has 2 N–H and O–H groups in total. The van der Waals surface area contributed by atoms with E-state index in [0.29, 0.717) is 18.4 Å². The second-order valence-corrected chi connectivity index (χ2v) is 5.68. The summed E-state index contributed by atoms with van der Waals surface area (Å²) < 4.78 is 0. The maximum atomic E-state index is 9.22. The van der Waals surface area contributed by atoms with Crippen molar-refractivity contribution in [2.24, 2.45) is 11.8 Å². The number of hydrogen-bond acceptors (Lipinski definition) is 4. The van der Waals surface area contributed by atoms with Crippen LogP contribution in [0.3, 0.4) is 0 Å². The standard InChI is InChI=1S/C12H20N2OS/c1-9-14-12(8-16-9)6-13-5-10-3-2-4-11(10)7-15/h8,10-11,13,15H,2-7H2,1H3. The Hall–Kier alpha value is -0.450. The second-order valence-electron chi connectivity index (χ2n) is 4.62. The van der Waals surface area contributed by atoms with Gasteiger partial charge in [0, 0.05) is 18.5 Å². The molecule has 2 unspecified atom stereocenters. The van der Waals surface area contributed by atoms with Gasteiger partial charge in [-0.2, -0.15) is 0 Å². The van der Waals surface area contributed by atoms with Crippen molar-refractivity contribution in [2.45, 2.75) is 32.7 Å². The summed E-state index contributed by atoms with van der Waals surface area (Å²) in [5.41, 5.74) is 1.14. The number of aryl methyl sites for hydroxylation is 1. The Bertz CT molecular complexity index is 327. The number of aliphatic hydroxyl groups excluding tert-OH is 1. The normalized spacial score (nSPS) is 25.1. The molecule has 0 saturated heterocycles. The number of nitrogens with zero attached hydrogens (tertiary/aromatic N) is 1. The van der Waals surface area contributed by atoms with E-state index >= 15 is 0 Å². The van der Waals surface area contributed by atoms with Gasteiger partial charge >= 0.3 is 0 Å². The molecule has 0 bridgehead atoms. The molecular formula is C12H20N2OS. The first-order chi connectivity index (χ1) is 7.79. The molecule has 0 amide bonds. The summed E-state index contributed by atoms with van der Waals surface area (Å²) in [7, 11) is 0. The van der Waals surface area contributed by atoms with Crippen LogP contribution in [0.25, 0.3) is 0 Å². The number of hydrogen-bond donors (Lipinski definition) is 2. The molecule has 90 valence electrons. The van der Waals surface area contributed by atoms with E-state index in [-0.39, 0.29) is 0 Å². The van der Waals surface area contributed by atoms with Crippen LogP contribution >= 0.6 is 11.3 Å². The summed E-state index contributed by atoms with van der Waals surface area (Å²) in [6, 6.07) is 0. The number of thiazole rings is 1. The number of nitrogens with one attached hydrogen (secondary N) is 1. The predicted octanol–water partition coefficient (Wildman–Crippen LogP) is 1.95. The Labute approximate surface area is 101 Å². The van der Waals surface area contributed by atoms with Gasteiger partial charge < -0.3 is 10.4 Å². The van der Waals surface area contributed by atoms with Crippen molar-refractivity contribution in [3.8, 4) is 0 Å². The molecule has 0 spiro atoms. The Kier molecular flexibility index (Phi) is 4.32. The topological polar surface area (TPSA) is 45.2 Å². The number of aromatic nitrogens is 1. The highest BCUT2D eigenvalue weighted by atomic mass is 32.1. The number of rotatable bonds is 5. The van der Waals surface area contributed by atoms with Crippen LogP contribution in [0.5, 0.6) is 0 Å². The van der Waals surface area contributed by atoms with E-state index < -0.39 is 0 Å². The van der Waals surface area contributed by atoms with Gasteiger partial charge in [0.25, 0.3) is 0 Å². The average molecular weight is 240 g/mol. The lowest BCUT2D eigenvalue weighted by atomic mass is 9.97. The monoisotopic (exact) mass is 240 g/mol. The number of aliphatic hydroxyl groups is 1. The lowest BCUT2D eigenvalue weighted by Gasteiger charge is -2.17. The summed E-state index contributed by atoms with van der Waals surface area (Å²) in [4.78, 5) is 4.42. The highest BCUT2D eigenvalue weighted by Crippen LogP contribution is 2.30. The third kappa shape index (κ3) is 3.03. The fraction of sp³-hybridized carbons (Fsp3) is 0.750. The van der Waals surface area contributed by atoms with Gasteiger partial charge in [0.15, 0.2) is 0 Å². The summed E-state index contributed by atoms with van der Waals surface area (Å²) in [6.45, 7) is 4.26. The van der Waals surface area contributed by atoms with Crippen molar-refractivity contribution in [3.63, 3.8) is 0 Å². The van der Waals surface area contributed by atoms with Crippen LogP contribution in [-0.2, 0) is 6.54 Å². The van der Waals surface area contributed by atoms with Crippen LogP contribution in [0.1, 0.15) is 30.0 Å². The minimum absolute atomic E-state index is 0.349. The van der Waals surface area contributed by atoms with Crippen molar-refractivity contribution in [1.82, 2.24) is 10.3 Å². The van der Waals surface area contributed by atoms with E-state index in [1.54, 1.807) is 11.3 Å². The van der Waals surface area contributed by atoms with Gasteiger partial charge in [-0.3, -0.25) is 0 Å². The average Bonchev–Trinajstić information content (AvgIpc) is 2.87. The molecule has 1 fully saturated rings. The Morgan fingerprint density at radius 3 is 3.00 bits per heavy atom. The maximum absolute atomic E-state index is 9.22. The predicted molar refractivity (Wildman–Crippen MR) is 66.5 cm³/mol. The lowest BCUT2D eigenvalue weighted by molar-refractivity contribution is 0.192. The maximum Gasteiger partial charge on any atom is 0.0897 e. The SMILES string of the molecule is Cc1nc(CNCC2CCCC2CO)cs1. The molecule has 2 atom stereocenters. The van der Waals surface area contributed by atoms with E-state index in [2.05, 4.69) is 15.7 Å². The van der Waals surface area contributed by atoms with Crippen LogP contribution in [0.4, 0.5) is 0 Å². The molecule has 3 nitrogen and oxygen atoms in total. The molecule has 0 aromatic carbocycles. The van der Waals surface area contributed by atoms with Crippen LogP contribution in [0.2, 0.25) is 0 Å². The minimum Gasteiger partial charge on any atom is -0.396 e. The van der Waals surface area contributed by atoms with Crippen LogP contribution < -0.4 is 5.32 Å². The van der Waals surface area contributed by atoms with E-state index in [0.717, 1.165) is 23.8 Å². The van der Waals surface area contributed by atoms with Crippen molar-refractivity contribution >= 4 is 11.3 Å². The minimum atomic E-state index is 0.349. The zero-order valence-electron chi connectivity index (χ0n) is 9.78. The third-order valence-corrected chi connectivity index (χ3v) is 4.25. The quantitative estimate of drug-likeness (QED) is 0.827. The van der Waals surface area contributed by atoms with E-state index in [4.69, 9.17) is 0 Å². The zero-order valence-corrected chi connectivity index (χ0v) is 10.6. The first-order valence-corrected chi connectivity index (χ1v) is 6.90. The Balaban J connectivity index is 1.71. The molecule has 4 heteroatoms. The smallest absolute Gasteiger partial charge is 0.0897 e. The van der Waals surface area contributed by atoms with Crippen molar-refractivity contribution in [3.05, 3.63) is 16.1 Å². The molecule has 2 rings (SSSR count). The van der Waals surface area contributed by atoms with E-state index in [1.807, 2.05) is 6.92 Å². The van der Waals surface area contributed by atoms with Crippen LogP contribution in [-0.4, -0.2) is 23.2 Å². The second kappa shape index (κ2) is 5.75. The highest BCUT2D eigenvalue weighted by Gasteiger charge is 2.25. The van der Waals surface area contributed by atoms with Gasteiger partial charge in [-0.25, -0.2) is 4.98 Å². The molecule has 1 saturated carbocycles.